The Morgan fingerprint density at radius 3 is 2.78 bits per heavy atom. The van der Waals surface area contributed by atoms with Crippen molar-refractivity contribution in [1.29, 1.82) is 0 Å². The highest BCUT2D eigenvalue weighted by atomic mass is 16.2. The third-order valence-corrected chi connectivity index (χ3v) is 5.66. The second-order valence-electron chi connectivity index (χ2n) is 7.82. The van der Waals surface area contributed by atoms with Crippen LogP contribution in [-0.4, -0.2) is 63.4 Å². The van der Waals surface area contributed by atoms with Gasteiger partial charge in [0.15, 0.2) is 5.65 Å². The minimum atomic E-state index is -0.159. The first-order valence-corrected chi connectivity index (χ1v) is 9.17. The molecule has 0 radical (unpaired) electrons. The number of likely N-dealkylation sites (tertiary alicyclic amines) is 1. The SMILES string of the molecule is C=CC(=O)N1CC2(C1)CN(c1cnc3[nH]cc(C(=O)NC(C)C)c3n1)C2C. The molecule has 8 heteroatoms. The highest BCUT2D eigenvalue weighted by Crippen LogP contribution is 2.46. The lowest BCUT2D eigenvalue weighted by molar-refractivity contribution is -0.142. The fourth-order valence-electron chi connectivity index (χ4n) is 4.00. The van der Waals surface area contributed by atoms with Gasteiger partial charge in [-0.1, -0.05) is 6.58 Å². The molecule has 0 saturated carbocycles. The van der Waals surface area contributed by atoms with Gasteiger partial charge in [0, 0.05) is 43.3 Å². The number of carbonyl (C=O) groups is 2. The van der Waals surface area contributed by atoms with Crippen molar-refractivity contribution in [2.24, 2.45) is 5.41 Å². The van der Waals surface area contributed by atoms with Gasteiger partial charge >= 0.3 is 0 Å². The molecule has 0 bridgehead atoms. The van der Waals surface area contributed by atoms with Gasteiger partial charge in [0.1, 0.15) is 11.3 Å². The molecule has 1 atom stereocenters. The van der Waals surface area contributed by atoms with E-state index in [0.717, 1.165) is 25.5 Å². The summed E-state index contributed by atoms with van der Waals surface area (Å²) in [7, 11) is 0. The van der Waals surface area contributed by atoms with Crippen molar-refractivity contribution in [3.05, 3.63) is 30.6 Å². The van der Waals surface area contributed by atoms with Gasteiger partial charge < -0.3 is 20.1 Å². The molecule has 27 heavy (non-hydrogen) atoms. The number of aromatic amines is 1. The molecule has 2 aromatic rings. The van der Waals surface area contributed by atoms with Crippen LogP contribution in [0.15, 0.2) is 25.0 Å². The normalized spacial score (nSPS) is 20.5. The monoisotopic (exact) mass is 368 g/mol. The Morgan fingerprint density at radius 1 is 1.41 bits per heavy atom. The van der Waals surface area contributed by atoms with E-state index in [1.807, 2.05) is 18.7 Å². The number of nitrogens with one attached hydrogen (secondary N) is 2. The zero-order valence-electron chi connectivity index (χ0n) is 15.8. The Hall–Kier alpha value is -2.90. The molecule has 1 unspecified atom stereocenters. The van der Waals surface area contributed by atoms with Crippen LogP contribution in [0.5, 0.6) is 0 Å². The van der Waals surface area contributed by atoms with Gasteiger partial charge in [0.25, 0.3) is 5.91 Å². The van der Waals surface area contributed by atoms with Gasteiger partial charge in [0.2, 0.25) is 5.91 Å². The Balaban J connectivity index is 1.53. The molecule has 142 valence electrons. The molecular formula is C19H24N6O2. The van der Waals surface area contributed by atoms with Crippen LogP contribution in [0.1, 0.15) is 31.1 Å². The number of anilines is 1. The fraction of sp³-hybridized carbons (Fsp3) is 0.474. The quantitative estimate of drug-likeness (QED) is 0.794. The second-order valence-corrected chi connectivity index (χ2v) is 7.82. The van der Waals surface area contributed by atoms with E-state index < -0.39 is 0 Å². The molecule has 2 aliphatic heterocycles. The Bertz CT molecular complexity index is 927. The molecule has 2 aliphatic rings. The number of hydrogen-bond donors (Lipinski definition) is 2. The fourth-order valence-corrected chi connectivity index (χ4v) is 4.00. The van der Waals surface area contributed by atoms with Gasteiger partial charge in [-0.3, -0.25) is 9.59 Å². The standard InChI is InChI=1S/C19H24N6O2/c1-5-15(26)24-8-19(9-24)10-25(12(19)4)14-7-21-17-16(23-14)13(6-20-17)18(27)22-11(2)3/h5-7,11-12H,1,8-10H2,2-4H3,(H,20,21)(H,22,27). The number of H-pyrrole nitrogens is 1. The van der Waals surface area contributed by atoms with Crippen molar-refractivity contribution in [3.8, 4) is 0 Å². The predicted octanol–water partition coefficient (Wildman–Crippen LogP) is 1.32. The smallest absolute Gasteiger partial charge is 0.255 e. The molecule has 2 fully saturated rings. The Kier molecular flexibility index (Phi) is 3.94. The van der Waals surface area contributed by atoms with Crippen LogP contribution in [0.4, 0.5) is 5.82 Å². The molecule has 4 rings (SSSR count). The first-order valence-electron chi connectivity index (χ1n) is 9.17. The van der Waals surface area contributed by atoms with Crippen LogP contribution < -0.4 is 10.2 Å². The van der Waals surface area contributed by atoms with E-state index in [2.05, 4.69) is 33.7 Å². The van der Waals surface area contributed by atoms with E-state index in [1.54, 1.807) is 12.4 Å². The highest BCUT2D eigenvalue weighted by Gasteiger charge is 2.58. The van der Waals surface area contributed by atoms with Crippen LogP contribution >= 0.6 is 0 Å². The van der Waals surface area contributed by atoms with E-state index in [-0.39, 0.29) is 29.3 Å². The molecule has 0 aliphatic carbocycles. The van der Waals surface area contributed by atoms with Crippen LogP contribution in [0.25, 0.3) is 11.2 Å². The van der Waals surface area contributed by atoms with Crippen LogP contribution in [0.3, 0.4) is 0 Å². The highest BCUT2D eigenvalue weighted by molar-refractivity contribution is 6.04. The van der Waals surface area contributed by atoms with Crippen LogP contribution in [0, 0.1) is 5.41 Å². The summed E-state index contributed by atoms with van der Waals surface area (Å²) < 4.78 is 0. The molecular weight excluding hydrogens is 344 g/mol. The lowest BCUT2D eigenvalue weighted by Crippen LogP contribution is -2.77. The molecule has 1 spiro atoms. The minimum absolute atomic E-state index is 0.0133. The van der Waals surface area contributed by atoms with Crippen LogP contribution in [-0.2, 0) is 4.79 Å². The van der Waals surface area contributed by atoms with E-state index in [1.165, 1.54) is 6.08 Å². The van der Waals surface area contributed by atoms with Gasteiger partial charge in [-0.25, -0.2) is 9.97 Å². The maximum absolute atomic E-state index is 12.4. The third-order valence-electron chi connectivity index (χ3n) is 5.66. The first kappa shape index (κ1) is 17.5. The summed E-state index contributed by atoms with van der Waals surface area (Å²) in [6, 6.07) is 0.304. The number of fused-ring (bicyclic) bond motifs is 1. The third kappa shape index (κ3) is 2.67. The van der Waals surface area contributed by atoms with E-state index in [0.29, 0.717) is 16.7 Å². The average molecular weight is 368 g/mol. The van der Waals surface area contributed by atoms with Gasteiger partial charge in [0.05, 0.1) is 11.8 Å². The van der Waals surface area contributed by atoms with Crippen molar-refractivity contribution in [2.75, 3.05) is 24.5 Å². The van der Waals surface area contributed by atoms with Crippen molar-refractivity contribution < 1.29 is 9.59 Å². The zero-order valence-corrected chi connectivity index (χ0v) is 15.8. The first-order chi connectivity index (χ1) is 12.8. The summed E-state index contributed by atoms with van der Waals surface area (Å²) in [6.07, 6.45) is 4.75. The molecule has 2 amide bonds. The maximum Gasteiger partial charge on any atom is 0.255 e. The van der Waals surface area contributed by atoms with E-state index in [9.17, 15) is 9.59 Å². The maximum atomic E-state index is 12.4. The lowest BCUT2D eigenvalue weighted by atomic mass is 9.66. The van der Waals surface area contributed by atoms with Crippen molar-refractivity contribution >= 4 is 28.8 Å². The van der Waals surface area contributed by atoms with Crippen molar-refractivity contribution in [1.82, 2.24) is 25.2 Å². The van der Waals surface area contributed by atoms with E-state index in [4.69, 9.17) is 4.98 Å². The van der Waals surface area contributed by atoms with Crippen LogP contribution in [0.2, 0.25) is 0 Å². The molecule has 2 aromatic heterocycles. The summed E-state index contributed by atoms with van der Waals surface area (Å²) in [5.41, 5.74) is 1.80. The van der Waals surface area contributed by atoms with Gasteiger partial charge in [-0.05, 0) is 26.8 Å². The topological polar surface area (TPSA) is 94.2 Å². The van der Waals surface area contributed by atoms with E-state index >= 15 is 0 Å². The summed E-state index contributed by atoms with van der Waals surface area (Å²) in [4.78, 5) is 40.2. The van der Waals surface area contributed by atoms with Crippen molar-refractivity contribution in [3.63, 3.8) is 0 Å². The summed E-state index contributed by atoms with van der Waals surface area (Å²) in [6.45, 7) is 11.9. The number of carbonyl (C=O) groups excluding carboxylic acids is 2. The van der Waals surface area contributed by atoms with Gasteiger partial charge in [-0.15, -0.1) is 0 Å². The predicted molar refractivity (Wildman–Crippen MR) is 103 cm³/mol. The molecule has 0 aromatic carbocycles. The second kappa shape index (κ2) is 6.07. The molecule has 2 N–H and O–H groups in total. The van der Waals surface area contributed by atoms with Gasteiger partial charge in [-0.2, -0.15) is 0 Å². The summed E-state index contributed by atoms with van der Waals surface area (Å²) in [5, 5.41) is 2.89. The number of amides is 2. The van der Waals surface area contributed by atoms with Crippen molar-refractivity contribution in [2.45, 2.75) is 32.9 Å². The lowest BCUT2D eigenvalue weighted by Gasteiger charge is -2.64. The Labute approximate surface area is 157 Å². The summed E-state index contributed by atoms with van der Waals surface area (Å²) in [5.74, 6) is 0.585. The minimum Gasteiger partial charge on any atom is -0.351 e. The average Bonchev–Trinajstić information content (AvgIpc) is 3.01. The number of hydrogen-bond acceptors (Lipinski definition) is 5. The Morgan fingerprint density at radius 2 is 2.15 bits per heavy atom. The number of aromatic nitrogens is 3. The molecule has 8 nitrogen and oxygen atoms in total. The largest absolute Gasteiger partial charge is 0.351 e. The number of rotatable bonds is 4. The number of nitrogens with zero attached hydrogens (tertiary/aromatic N) is 4. The molecule has 2 saturated heterocycles. The molecule has 4 heterocycles. The summed E-state index contributed by atoms with van der Waals surface area (Å²) >= 11 is 0. The zero-order chi connectivity index (χ0) is 19.3.